The molecule has 3 aromatic rings. The van der Waals surface area contributed by atoms with E-state index >= 15 is 0 Å². The quantitative estimate of drug-likeness (QED) is 0.754. The average molecular weight is 255 g/mol. The van der Waals surface area contributed by atoms with Gasteiger partial charge in [0.05, 0.1) is 19.3 Å². The number of nitrogens with zero attached hydrogens (tertiary/aromatic N) is 4. The Morgan fingerprint density at radius 2 is 2.05 bits per heavy atom. The first-order valence-electron chi connectivity index (χ1n) is 5.93. The Hall–Kier alpha value is -2.63. The van der Waals surface area contributed by atoms with Crippen LogP contribution in [0.25, 0.3) is 0 Å². The van der Waals surface area contributed by atoms with E-state index in [0.29, 0.717) is 6.54 Å². The second-order valence-electron chi connectivity index (χ2n) is 4.11. The fourth-order valence-corrected chi connectivity index (χ4v) is 1.75. The molecule has 19 heavy (non-hydrogen) atoms. The summed E-state index contributed by atoms with van der Waals surface area (Å²) >= 11 is 0. The van der Waals surface area contributed by atoms with Crippen molar-refractivity contribution in [3.05, 3.63) is 60.8 Å². The van der Waals surface area contributed by atoms with E-state index in [1.54, 1.807) is 17.2 Å². The predicted molar refractivity (Wildman–Crippen MR) is 69.4 cm³/mol. The molecule has 0 atom stereocenters. The van der Waals surface area contributed by atoms with Crippen molar-refractivity contribution in [1.82, 2.24) is 19.7 Å². The summed E-state index contributed by atoms with van der Waals surface area (Å²) in [5.74, 6) is 0.812. The molecule has 96 valence electrons. The molecule has 0 saturated carbocycles. The molecule has 0 aliphatic rings. The molecule has 6 heteroatoms. The van der Waals surface area contributed by atoms with Crippen LogP contribution in [-0.4, -0.2) is 19.7 Å². The van der Waals surface area contributed by atoms with Crippen LogP contribution in [0.15, 0.2) is 53.9 Å². The number of oxazole rings is 1. The molecule has 0 unspecified atom stereocenters. The molecule has 0 saturated heterocycles. The van der Waals surface area contributed by atoms with Crippen LogP contribution in [0.1, 0.15) is 11.3 Å². The van der Waals surface area contributed by atoms with Gasteiger partial charge in [0.15, 0.2) is 6.39 Å². The van der Waals surface area contributed by atoms with E-state index in [1.165, 1.54) is 18.3 Å². The molecule has 2 heterocycles. The zero-order valence-electron chi connectivity index (χ0n) is 10.2. The normalized spacial score (nSPS) is 10.5. The van der Waals surface area contributed by atoms with Gasteiger partial charge in [-0.2, -0.15) is 5.10 Å². The molecular weight excluding hydrogens is 242 g/mol. The lowest BCUT2D eigenvalue weighted by molar-refractivity contribution is 0.512. The van der Waals surface area contributed by atoms with E-state index in [1.807, 2.05) is 12.1 Å². The molecule has 0 fully saturated rings. The van der Waals surface area contributed by atoms with Crippen molar-refractivity contribution in [3.63, 3.8) is 0 Å². The Labute approximate surface area is 110 Å². The van der Waals surface area contributed by atoms with E-state index in [0.717, 1.165) is 18.0 Å². The second kappa shape index (κ2) is 5.34. The SMILES string of the molecule is c1ncn(Cc2ccc(NCc3cnco3)cc2)n1. The maximum atomic E-state index is 5.16. The molecule has 1 aromatic carbocycles. The molecule has 2 aromatic heterocycles. The minimum Gasteiger partial charge on any atom is -0.447 e. The Kier molecular flexibility index (Phi) is 3.22. The summed E-state index contributed by atoms with van der Waals surface area (Å²) < 4.78 is 6.95. The minimum absolute atomic E-state index is 0.627. The summed E-state index contributed by atoms with van der Waals surface area (Å²) in [5, 5.41) is 7.34. The van der Waals surface area contributed by atoms with Crippen LogP contribution in [0.2, 0.25) is 0 Å². The van der Waals surface area contributed by atoms with E-state index < -0.39 is 0 Å². The summed E-state index contributed by atoms with van der Waals surface area (Å²) in [6.07, 6.45) is 6.37. The number of benzene rings is 1. The first-order chi connectivity index (χ1) is 9.40. The largest absolute Gasteiger partial charge is 0.447 e. The lowest BCUT2D eigenvalue weighted by Crippen LogP contribution is -2.01. The van der Waals surface area contributed by atoms with Crippen LogP contribution in [0, 0.1) is 0 Å². The van der Waals surface area contributed by atoms with Crippen molar-refractivity contribution in [2.75, 3.05) is 5.32 Å². The van der Waals surface area contributed by atoms with Gasteiger partial charge in [-0.05, 0) is 17.7 Å². The highest BCUT2D eigenvalue weighted by atomic mass is 16.3. The van der Waals surface area contributed by atoms with Gasteiger partial charge in [0.2, 0.25) is 0 Å². The van der Waals surface area contributed by atoms with E-state index in [9.17, 15) is 0 Å². The minimum atomic E-state index is 0.627. The first-order valence-corrected chi connectivity index (χ1v) is 5.93. The number of nitrogens with one attached hydrogen (secondary N) is 1. The third-order valence-electron chi connectivity index (χ3n) is 2.72. The van der Waals surface area contributed by atoms with Crippen molar-refractivity contribution in [2.24, 2.45) is 0 Å². The van der Waals surface area contributed by atoms with Crippen molar-refractivity contribution in [1.29, 1.82) is 0 Å². The molecule has 0 radical (unpaired) electrons. The Balaban J connectivity index is 1.59. The zero-order chi connectivity index (χ0) is 12.9. The third-order valence-corrected chi connectivity index (χ3v) is 2.72. The fourth-order valence-electron chi connectivity index (χ4n) is 1.75. The van der Waals surface area contributed by atoms with Crippen LogP contribution in [0.4, 0.5) is 5.69 Å². The maximum Gasteiger partial charge on any atom is 0.180 e. The molecule has 0 aliphatic carbocycles. The van der Waals surface area contributed by atoms with E-state index in [-0.39, 0.29) is 0 Å². The predicted octanol–water partition coefficient (Wildman–Crippen LogP) is 1.93. The fraction of sp³-hybridized carbons (Fsp3) is 0.154. The van der Waals surface area contributed by atoms with Crippen molar-refractivity contribution in [3.8, 4) is 0 Å². The maximum absolute atomic E-state index is 5.16. The van der Waals surface area contributed by atoms with Gasteiger partial charge in [-0.1, -0.05) is 12.1 Å². The molecular formula is C13H13N5O. The number of aromatic nitrogens is 4. The van der Waals surface area contributed by atoms with Crippen LogP contribution < -0.4 is 5.32 Å². The lowest BCUT2D eigenvalue weighted by Gasteiger charge is -2.06. The van der Waals surface area contributed by atoms with Crippen LogP contribution >= 0.6 is 0 Å². The Bertz CT molecular complexity index is 601. The van der Waals surface area contributed by atoms with Crippen LogP contribution in [0.5, 0.6) is 0 Å². The number of hydrogen-bond donors (Lipinski definition) is 1. The molecule has 0 bridgehead atoms. The summed E-state index contributed by atoms with van der Waals surface area (Å²) in [6, 6.07) is 8.18. The van der Waals surface area contributed by atoms with Crippen molar-refractivity contribution >= 4 is 5.69 Å². The van der Waals surface area contributed by atoms with Gasteiger partial charge in [0.25, 0.3) is 0 Å². The highest BCUT2D eigenvalue weighted by molar-refractivity contribution is 5.44. The van der Waals surface area contributed by atoms with Gasteiger partial charge in [-0.15, -0.1) is 0 Å². The topological polar surface area (TPSA) is 68.8 Å². The van der Waals surface area contributed by atoms with Crippen LogP contribution in [0.3, 0.4) is 0 Å². The monoisotopic (exact) mass is 255 g/mol. The van der Waals surface area contributed by atoms with Crippen molar-refractivity contribution < 1.29 is 4.42 Å². The molecule has 0 spiro atoms. The van der Waals surface area contributed by atoms with Crippen LogP contribution in [-0.2, 0) is 13.1 Å². The van der Waals surface area contributed by atoms with Gasteiger partial charge in [-0.3, -0.25) is 0 Å². The summed E-state index contributed by atoms with van der Waals surface area (Å²) in [4.78, 5) is 7.79. The number of hydrogen-bond acceptors (Lipinski definition) is 5. The highest BCUT2D eigenvalue weighted by Gasteiger charge is 1.99. The summed E-state index contributed by atoms with van der Waals surface area (Å²) in [6.45, 7) is 1.35. The zero-order valence-corrected chi connectivity index (χ0v) is 10.2. The molecule has 1 N–H and O–H groups in total. The van der Waals surface area contributed by atoms with Gasteiger partial charge < -0.3 is 9.73 Å². The highest BCUT2D eigenvalue weighted by Crippen LogP contribution is 2.11. The molecule has 0 amide bonds. The molecule has 6 nitrogen and oxygen atoms in total. The summed E-state index contributed by atoms with van der Waals surface area (Å²) in [5.41, 5.74) is 2.22. The first kappa shape index (κ1) is 11.5. The average Bonchev–Trinajstić information content (AvgIpc) is 3.11. The van der Waals surface area contributed by atoms with Gasteiger partial charge in [-0.25, -0.2) is 14.6 Å². The Morgan fingerprint density at radius 1 is 1.16 bits per heavy atom. The molecule has 3 rings (SSSR count). The molecule has 0 aliphatic heterocycles. The number of anilines is 1. The van der Waals surface area contributed by atoms with Crippen molar-refractivity contribution in [2.45, 2.75) is 13.1 Å². The smallest absolute Gasteiger partial charge is 0.180 e. The van der Waals surface area contributed by atoms with Gasteiger partial charge in [0, 0.05) is 5.69 Å². The summed E-state index contributed by atoms with van der Waals surface area (Å²) in [7, 11) is 0. The number of rotatable bonds is 5. The van der Waals surface area contributed by atoms with E-state index in [2.05, 4.69) is 32.5 Å². The van der Waals surface area contributed by atoms with E-state index in [4.69, 9.17) is 4.42 Å². The standard InChI is InChI=1S/C13H13N5O/c1-3-12(16-6-13-5-14-10-19-13)4-2-11(1)7-18-9-15-8-17-18/h1-5,8-10,16H,6-7H2. The lowest BCUT2D eigenvalue weighted by atomic mass is 10.2. The third kappa shape index (κ3) is 2.98. The van der Waals surface area contributed by atoms with Gasteiger partial charge >= 0.3 is 0 Å². The Morgan fingerprint density at radius 3 is 2.74 bits per heavy atom. The second-order valence-corrected chi connectivity index (χ2v) is 4.11. The van der Waals surface area contributed by atoms with Gasteiger partial charge in [0.1, 0.15) is 18.4 Å².